The molecule has 0 spiro atoms. The average Bonchev–Trinajstić information content (AvgIpc) is 2.40. The fraction of sp³-hybridized carbons (Fsp3) is 0.500. The number of nitrogens with one attached hydrogen (secondary N) is 1. The molecule has 1 heterocycles. The van der Waals surface area contributed by atoms with Gasteiger partial charge in [0.05, 0.1) is 24.5 Å². The zero-order valence-electron chi connectivity index (χ0n) is 11.0. The van der Waals surface area contributed by atoms with E-state index in [0.29, 0.717) is 24.5 Å². The normalized spacial score (nSPS) is 12.0. The predicted molar refractivity (Wildman–Crippen MR) is 70.1 cm³/mol. The molecule has 1 rings (SSSR count). The largest absolute Gasteiger partial charge is 0.383 e. The minimum atomic E-state index is -0.106. The van der Waals surface area contributed by atoms with Gasteiger partial charge in [0, 0.05) is 13.7 Å². The summed E-state index contributed by atoms with van der Waals surface area (Å²) in [5, 5.41) is 0. The molecule has 0 saturated carbocycles. The Morgan fingerprint density at radius 1 is 1.61 bits per heavy atom. The summed E-state index contributed by atoms with van der Waals surface area (Å²) in [5.41, 5.74) is 3.54. The molecule has 0 aliphatic heterocycles. The van der Waals surface area contributed by atoms with Crippen LogP contribution in [0.1, 0.15) is 24.3 Å². The van der Waals surface area contributed by atoms with Crippen molar-refractivity contribution in [2.24, 2.45) is 5.84 Å². The quantitative estimate of drug-likeness (QED) is 0.580. The van der Waals surface area contributed by atoms with Crippen molar-refractivity contribution in [1.82, 2.24) is 9.88 Å². The van der Waals surface area contributed by atoms with Gasteiger partial charge in [-0.2, -0.15) is 0 Å². The van der Waals surface area contributed by atoms with Crippen LogP contribution in [-0.4, -0.2) is 42.1 Å². The number of hydrogen-bond donors (Lipinski definition) is 2. The molecule has 1 amide bonds. The Morgan fingerprint density at radius 3 is 2.78 bits per heavy atom. The van der Waals surface area contributed by atoms with Crippen LogP contribution >= 0.6 is 0 Å². The molecule has 1 unspecified atom stereocenters. The summed E-state index contributed by atoms with van der Waals surface area (Å²) >= 11 is 0. The first-order valence-corrected chi connectivity index (χ1v) is 5.86. The summed E-state index contributed by atoms with van der Waals surface area (Å²) in [6.45, 7) is 4.99. The first-order valence-electron chi connectivity index (χ1n) is 5.86. The van der Waals surface area contributed by atoms with Crippen molar-refractivity contribution in [3.8, 4) is 0 Å². The molecule has 0 bridgehead atoms. The third-order valence-electron chi connectivity index (χ3n) is 2.69. The molecule has 0 radical (unpaired) electrons. The van der Waals surface area contributed by atoms with Crippen LogP contribution in [0.2, 0.25) is 0 Å². The first-order chi connectivity index (χ1) is 8.63. The third kappa shape index (κ3) is 3.41. The predicted octanol–water partition coefficient (Wildman–Crippen LogP) is 0.864. The van der Waals surface area contributed by atoms with E-state index in [1.54, 1.807) is 24.1 Å². The number of rotatable bonds is 6. The number of likely N-dealkylation sites (N-methyl/N-ethyl adjacent to an activating group) is 1. The van der Waals surface area contributed by atoms with Crippen LogP contribution in [0.3, 0.4) is 0 Å². The van der Waals surface area contributed by atoms with E-state index in [1.165, 1.54) is 6.20 Å². The minimum absolute atomic E-state index is 0.0154. The second kappa shape index (κ2) is 6.93. The Kier molecular flexibility index (Phi) is 5.54. The van der Waals surface area contributed by atoms with Gasteiger partial charge in [-0.05, 0) is 26.0 Å². The second-order valence-electron chi connectivity index (χ2n) is 3.97. The van der Waals surface area contributed by atoms with Crippen molar-refractivity contribution in [3.05, 3.63) is 24.0 Å². The zero-order valence-corrected chi connectivity index (χ0v) is 11.0. The lowest BCUT2D eigenvalue weighted by molar-refractivity contribution is 0.0574. The summed E-state index contributed by atoms with van der Waals surface area (Å²) in [6.07, 6.45) is 1.53. The number of nitrogens with two attached hydrogens (primary N) is 1. The van der Waals surface area contributed by atoms with Crippen molar-refractivity contribution in [2.75, 3.05) is 25.7 Å². The lowest BCUT2D eigenvalue weighted by Crippen LogP contribution is -2.41. The molecule has 0 fully saturated rings. The number of nitrogen functional groups attached to an aromatic ring is 1. The molecule has 0 aliphatic carbocycles. The van der Waals surface area contributed by atoms with Crippen LogP contribution in [0, 0.1) is 0 Å². The maximum absolute atomic E-state index is 12.2. The first kappa shape index (κ1) is 14.4. The fourth-order valence-electron chi connectivity index (χ4n) is 1.74. The van der Waals surface area contributed by atoms with E-state index in [0.717, 1.165) is 0 Å². The molecule has 0 aliphatic rings. The average molecular weight is 252 g/mol. The van der Waals surface area contributed by atoms with Crippen LogP contribution in [0.25, 0.3) is 0 Å². The van der Waals surface area contributed by atoms with Crippen molar-refractivity contribution in [1.29, 1.82) is 0 Å². The van der Waals surface area contributed by atoms with E-state index in [4.69, 9.17) is 10.6 Å². The lowest BCUT2D eigenvalue weighted by atomic mass is 10.2. The van der Waals surface area contributed by atoms with Crippen LogP contribution in [-0.2, 0) is 4.74 Å². The van der Waals surface area contributed by atoms with Gasteiger partial charge < -0.3 is 15.1 Å². The van der Waals surface area contributed by atoms with E-state index in [9.17, 15) is 4.79 Å². The van der Waals surface area contributed by atoms with E-state index < -0.39 is 0 Å². The maximum Gasteiger partial charge on any atom is 0.272 e. The van der Waals surface area contributed by atoms with E-state index in [-0.39, 0.29) is 11.9 Å². The molecule has 0 aromatic carbocycles. The molecule has 1 atom stereocenters. The number of hydrogen-bond acceptors (Lipinski definition) is 5. The van der Waals surface area contributed by atoms with Crippen molar-refractivity contribution >= 4 is 11.6 Å². The van der Waals surface area contributed by atoms with Gasteiger partial charge in [-0.15, -0.1) is 0 Å². The van der Waals surface area contributed by atoms with E-state index in [1.807, 2.05) is 13.8 Å². The Bertz CT molecular complexity index is 380. The van der Waals surface area contributed by atoms with Gasteiger partial charge in [0.25, 0.3) is 5.91 Å². The fourth-order valence-corrected chi connectivity index (χ4v) is 1.74. The number of anilines is 1. The highest BCUT2D eigenvalue weighted by Crippen LogP contribution is 2.09. The zero-order chi connectivity index (χ0) is 13.5. The van der Waals surface area contributed by atoms with Crippen molar-refractivity contribution in [2.45, 2.75) is 19.9 Å². The monoisotopic (exact) mass is 252 g/mol. The standard InChI is InChI=1S/C12H20N4O2/c1-4-16(9(2)8-18-3)12(17)11-6-5-10(15-13)7-14-11/h5-7,9,15H,4,8,13H2,1-3H3. The molecule has 6 nitrogen and oxygen atoms in total. The van der Waals surface area contributed by atoms with Gasteiger partial charge in [0.15, 0.2) is 0 Å². The second-order valence-corrected chi connectivity index (χ2v) is 3.97. The summed E-state index contributed by atoms with van der Waals surface area (Å²) in [6, 6.07) is 3.39. The maximum atomic E-state index is 12.2. The number of carbonyl (C=O) groups excluding carboxylic acids is 1. The lowest BCUT2D eigenvalue weighted by Gasteiger charge is -2.27. The Hall–Kier alpha value is -1.66. The molecule has 6 heteroatoms. The Morgan fingerprint density at radius 2 is 2.33 bits per heavy atom. The van der Waals surface area contributed by atoms with Gasteiger partial charge >= 0.3 is 0 Å². The van der Waals surface area contributed by atoms with Crippen LogP contribution in [0.15, 0.2) is 18.3 Å². The van der Waals surface area contributed by atoms with Crippen LogP contribution in [0.4, 0.5) is 5.69 Å². The molecule has 1 aromatic rings. The molecule has 3 N–H and O–H groups in total. The summed E-state index contributed by atoms with van der Waals surface area (Å²) in [4.78, 5) is 18.1. The summed E-state index contributed by atoms with van der Waals surface area (Å²) < 4.78 is 5.07. The summed E-state index contributed by atoms with van der Waals surface area (Å²) in [5.74, 6) is 5.14. The van der Waals surface area contributed by atoms with Gasteiger partial charge in [-0.25, -0.2) is 4.98 Å². The number of nitrogens with zero attached hydrogens (tertiary/aromatic N) is 2. The Balaban J connectivity index is 2.82. The number of hydrazine groups is 1. The highest BCUT2D eigenvalue weighted by atomic mass is 16.5. The number of methoxy groups -OCH3 is 1. The molecule has 1 aromatic heterocycles. The topological polar surface area (TPSA) is 80.5 Å². The van der Waals surface area contributed by atoms with Crippen molar-refractivity contribution < 1.29 is 9.53 Å². The van der Waals surface area contributed by atoms with Crippen molar-refractivity contribution in [3.63, 3.8) is 0 Å². The van der Waals surface area contributed by atoms with Gasteiger partial charge in [-0.1, -0.05) is 0 Å². The number of pyridine rings is 1. The number of amides is 1. The molecule has 100 valence electrons. The molecular weight excluding hydrogens is 232 g/mol. The highest BCUT2D eigenvalue weighted by Gasteiger charge is 2.20. The molecule has 0 saturated heterocycles. The van der Waals surface area contributed by atoms with Gasteiger partial charge in [-0.3, -0.25) is 10.6 Å². The smallest absolute Gasteiger partial charge is 0.272 e. The van der Waals surface area contributed by atoms with Gasteiger partial charge in [0.2, 0.25) is 0 Å². The summed E-state index contributed by atoms with van der Waals surface area (Å²) in [7, 11) is 1.62. The number of aromatic nitrogens is 1. The van der Waals surface area contributed by atoms with E-state index >= 15 is 0 Å². The van der Waals surface area contributed by atoms with Gasteiger partial charge in [0.1, 0.15) is 5.69 Å². The minimum Gasteiger partial charge on any atom is -0.383 e. The van der Waals surface area contributed by atoms with E-state index in [2.05, 4.69) is 10.4 Å². The van der Waals surface area contributed by atoms with Crippen LogP contribution < -0.4 is 11.3 Å². The number of carbonyl (C=O) groups is 1. The molecular formula is C12H20N4O2. The molecule has 18 heavy (non-hydrogen) atoms. The number of ether oxygens (including phenoxy) is 1. The Labute approximate surface area is 107 Å². The SMILES string of the molecule is CCN(C(=O)c1ccc(NN)cn1)C(C)COC. The third-order valence-corrected chi connectivity index (χ3v) is 2.69. The highest BCUT2D eigenvalue weighted by molar-refractivity contribution is 5.92. The van der Waals surface area contributed by atoms with Crippen LogP contribution in [0.5, 0.6) is 0 Å².